The van der Waals surface area contributed by atoms with Crippen LogP contribution in [0.25, 0.3) is 0 Å². The molecular weight excluding hydrogens is 292 g/mol. The predicted octanol–water partition coefficient (Wildman–Crippen LogP) is 7.04. The van der Waals surface area contributed by atoms with Crippen LogP contribution in [0.2, 0.25) is 0 Å². The molecule has 1 nitrogen and oxygen atoms in total. The summed E-state index contributed by atoms with van der Waals surface area (Å²) in [4.78, 5) is 0. The summed E-state index contributed by atoms with van der Waals surface area (Å²) in [5.74, 6) is 0.736. The molecule has 0 unspecified atom stereocenters. The average Bonchev–Trinajstić information content (AvgIpc) is 2.54. The quantitative estimate of drug-likeness (QED) is 0.158. The molecule has 22 heavy (non-hydrogen) atoms. The molecule has 0 rings (SSSR count). The van der Waals surface area contributed by atoms with Gasteiger partial charge in [-0.15, -0.1) is 17.3 Å². The van der Waals surface area contributed by atoms with E-state index in [4.69, 9.17) is 16.3 Å². The third kappa shape index (κ3) is 19.8. The van der Waals surface area contributed by atoms with Gasteiger partial charge in [0.2, 0.25) is 0 Å². The van der Waals surface area contributed by atoms with Crippen molar-refractivity contribution in [1.82, 2.24) is 0 Å². The molecule has 0 heterocycles. The van der Waals surface area contributed by atoms with E-state index in [1.165, 1.54) is 64.2 Å². The molecule has 0 aromatic carbocycles. The van der Waals surface area contributed by atoms with Crippen LogP contribution in [0.3, 0.4) is 0 Å². The average molecular weight is 329 g/mol. The molecule has 0 spiro atoms. The van der Waals surface area contributed by atoms with E-state index >= 15 is 0 Å². The fourth-order valence-electron chi connectivity index (χ4n) is 2.37. The molecule has 0 saturated carbocycles. The van der Waals surface area contributed by atoms with E-state index in [0.717, 1.165) is 38.4 Å². The molecule has 0 aromatic heterocycles. The molecular formula is C20H37ClO. The first kappa shape index (κ1) is 21.8. The van der Waals surface area contributed by atoms with E-state index in [1.807, 2.05) is 0 Å². The molecule has 0 fully saturated rings. The number of halogens is 1. The first-order chi connectivity index (χ1) is 10.9. The summed E-state index contributed by atoms with van der Waals surface area (Å²) >= 11 is 5.60. The van der Waals surface area contributed by atoms with Gasteiger partial charge in [0, 0.05) is 12.5 Å². The Morgan fingerprint density at radius 3 is 1.95 bits per heavy atom. The van der Waals surface area contributed by atoms with Gasteiger partial charge in [0.25, 0.3) is 0 Å². The zero-order chi connectivity index (χ0) is 16.1. The van der Waals surface area contributed by atoms with Crippen LogP contribution in [0.5, 0.6) is 0 Å². The van der Waals surface area contributed by atoms with Crippen molar-refractivity contribution in [3.63, 3.8) is 0 Å². The highest BCUT2D eigenvalue weighted by molar-refractivity contribution is 6.17. The first-order valence-electron chi connectivity index (χ1n) is 9.45. The Morgan fingerprint density at radius 1 is 0.727 bits per heavy atom. The lowest BCUT2D eigenvalue weighted by molar-refractivity contribution is 0.134. The van der Waals surface area contributed by atoms with Crippen molar-refractivity contribution >= 4 is 11.6 Å². The second kappa shape index (κ2) is 20.8. The molecule has 0 saturated heterocycles. The topological polar surface area (TPSA) is 9.23 Å². The summed E-state index contributed by atoms with van der Waals surface area (Å²) in [5.41, 5.74) is 3.17. The van der Waals surface area contributed by atoms with Crippen molar-refractivity contribution in [3.8, 4) is 0 Å². The number of hydrogen-bond acceptors (Lipinski definition) is 1. The largest absolute Gasteiger partial charge is 0.381 e. The molecule has 130 valence electrons. The van der Waals surface area contributed by atoms with Crippen LogP contribution < -0.4 is 0 Å². The maximum atomic E-state index is 5.63. The Hall–Kier alpha value is -0.230. The minimum Gasteiger partial charge on any atom is -0.381 e. The van der Waals surface area contributed by atoms with E-state index in [9.17, 15) is 0 Å². The van der Waals surface area contributed by atoms with Gasteiger partial charge < -0.3 is 4.74 Å². The van der Waals surface area contributed by atoms with Crippen molar-refractivity contribution in [2.75, 3.05) is 19.1 Å². The molecule has 0 aliphatic carbocycles. The highest BCUT2D eigenvalue weighted by atomic mass is 35.5. The summed E-state index contributed by atoms with van der Waals surface area (Å²) in [6.45, 7) is 4.02. The maximum Gasteiger partial charge on any atom is 0.0506 e. The van der Waals surface area contributed by atoms with Gasteiger partial charge >= 0.3 is 0 Å². The summed E-state index contributed by atoms with van der Waals surface area (Å²) < 4.78 is 5.63. The summed E-state index contributed by atoms with van der Waals surface area (Å²) in [7, 11) is 0. The Labute approximate surface area is 144 Å². The van der Waals surface area contributed by atoms with Crippen molar-refractivity contribution < 1.29 is 4.74 Å². The number of hydrogen-bond donors (Lipinski definition) is 0. The summed E-state index contributed by atoms with van der Waals surface area (Å²) in [6, 6.07) is 0. The van der Waals surface area contributed by atoms with Crippen molar-refractivity contribution in [2.24, 2.45) is 0 Å². The number of alkyl halides is 1. The molecule has 0 aromatic rings. The minimum absolute atomic E-state index is 0.736. The van der Waals surface area contributed by atoms with Crippen LogP contribution in [0.1, 0.15) is 90.4 Å². The Kier molecular flexibility index (Phi) is 20.6. The SMILES string of the molecule is CCCCCCCCCCCCOCCC=C=CCCCCl. The highest BCUT2D eigenvalue weighted by Gasteiger charge is 1.93. The maximum absolute atomic E-state index is 5.63. The van der Waals surface area contributed by atoms with Crippen LogP contribution >= 0.6 is 11.6 Å². The van der Waals surface area contributed by atoms with Gasteiger partial charge in [-0.25, -0.2) is 0 Å². The van der Waals surface area contributed by atoms with Gasteiger partial charge in [-0.3, -0.25) is 0 Å². The zero-order valence-electron chi connectivity index (χ0n) is 14.8. The third-order valence-electron chi connectivity index (χ3n) is 3.77. The van der Waals surface area contributed by atoms with Crippen LogP contribution in [0.15, 0.2) is 17.9 Å². The monoisotopic (exact) mass is 328 g/mol. The van der Waals surface area contributed by atoms with Crippen LogP contribution in [0.4, 0.5) is 0 Å². The molecule has 0 atom stereocenters. The van der Waals surface area contributed by atoms with Gasteiger partial charge in [-0.1, -0.05) is 64.7 Å². The molecule has 0 aliphatic heterocycles. The van der Waals surface area contributed by atoms with Gasteiger partial charge in [-0.2, -0.15) is 0 Å². The van der Waals surface area contributed by atoms with E-state index in [0.29, 0.717) is 0 Å². The van der Waals surface area contributed by atoms with Gasteiger partial charge in [-0.05, 0) is 37.8 Å². The number of ether oxygens (including phenoxy) is 1. The summed E-state index contributed by atoms with van der Waals surface area (Å²) in [6.07, 6.45) is 21.0. The lowest BCUT2D eigenvalue weighted by Crippen LogP contribution is -1.95. The fourth-order valence-corrected chi connectivity index (χ4v) is 2.52. The number of rotatable bonds is 17. The van der Waals surface area contributed by atoms with Crippen LogP contribution in [-0.4, -0.2) is 19.1 Å². The Bertz CT molecular complexity index is 256. The summed E-state index contributed by atoms with van der Waals surface area (Å²) in [5, 5.41) is 0. The molecule has 0 radical (unpaired) electrons. The molecule has 0 amide bonds. The van der Waals surface area contributed by atoms with Gasteiger partial charge in [0.05, 0.1) is 6.61 Å². The zero-order valence-corrected chi connectivity index (χ0v) is 15.5. The van der Waals surface area contributed by atoms with Crippen molar-refractivity contribution in [1.29, 1.82) is 0 Å². The molecule has 0 bridgehead atoms. The first-order valence-corrected chi connectivity index (χ1v) is 9.98. The van der Waals surface area contributed by atoms with Crippen molar-refractivity contribution in [3.05, 3.63) is 17.9 Å². The number of unbranched alkanes of at least 4 members (excludes halogenated alkanes) is 10. The van der Waals surface area contributed by atoms with E-state index in [2.05, 4.69) is 24.8 Å². The Morgan fingerprint density at radius 2 is 1.32 bits per heavy atom. The molecule has 0 N–H and O–H groups in total. The second-order valence-corrected chi connectivity index (χ2v) is 6.37. The second-order valence-electron chi connectivity index (χ2n) is 5.99. The van der Waals surface area contributed by atoms with Gasteiger partial charge in [0.1, 0.15) is 0 Å². The molecule has 0 aliphatic rings. The Balaban J connectivity index is 3.06. The normalized spacial score (nSPS) is 10.5. The van der Waals surface area contributed by atoms with Crippen LogP contribution in [0, 0.1) is 0 Å². The highest BCUT2D eigenvalue weighted by Crippen LogP contribution is 2.10. The predicted molar refractivity (Wildman–Crippen MR) is 99.9 cm³/mol. The van der Waals surface area contributed by atoms with E-state index in [1.54, 1.807) is 0 Å². The van der Waals surface area contributed by atoms with E-state index in [-0.39, 0.29) is 0 Å². The van der Waals surface area contributed by atoms with E-state index < -0.39 is 0 Å². The fraction of sp³-hybridized carbons (Fsp3) is 0.850. The van der Waals surface area contributed by atoms with Gasteiger partial charge in [0.15, 0.2) is 0 Å². The van der Waals surface area contributed by atoms with Crippen molar-refractivity contribution in [2.45, 2.75) is 90.4 Å². The standard InChI is InChI=1S/C20H37ClO/c1-2-3-4-5-6-7-8-10-13-16-19-22-20-17-14-11-9-12-15-18-21/h9,14H,2-8,10,12-13,15-20H2,1H3. The third-order valence-corrected chi connectivity index (χ3v) is 4.03. The lowest BCUT2D eigenvalue weighted by atomic mass is 10.1. The molecule has 2 heteroatoms. The lowest BCUT2D eigenvalue weighted by Gasteiger charge is -2.03. The van der Waals surface area contributed by atoms with Crippen LogP contribution in [-0.2, 0) is 4.74 Å². The minimum atomic E-state index is 0.736. The smallest absolute Gasteiger partial charge is 0.0506 e.